The molecular formula is C18H26O2. The van der Waals surface area contributed by atoms with E-state index in [0.717, 1.165) is 24.2 Å². The zero-order valence-corrected chi connectivity index (χ0v) is 13.3. The minimum Gasteiger partial charge on any atom is -0.512 e. The molecule has 0 atom stereocenters. The van der Waals surface area contributed by atoms with Crippen molar-refractivity contribution >= 4 is 0 Å². The Labute approximate surface area is 122 Å². The summed E-state index contributed by atoms with van der Waals surface area (Å²) in [5, 5.41) is 9.86. The fraction of sp³-hybridized carbons (Fsp3) is 0.556. The molecule has 1 saturated carbocycles. The zero-order valence-electron chi connectivity index (χ0n) is 13.3. The third-order valence-corrected chi connectivity index (χ3v) is 3.91. The van der Waals surface area contributed by atoms with Crippen LogP contribution in [0.2, 0.25) is 0 Å². The Kier molecular flexibility index (Phi) is 3.62. The summed E-state index contributed by atoms with van der Waals surface area (Å²) in [5.74, 6) is 1.61. The van der Waals surface area contributed by atoms with E-state index < -0.39 is 0 Å². The Morgan fingerprint density at radius 3 is 2.30 bits per heavy atom. The van der Waals surface area contributed by atoms with Crippen molar-refractivity contribution in [2.75, 3.05) is 0 Å². The number of ether oxygens (including phenoxy) is 1. The largest absolute Gasteiger partial charge is 0.512 e. The molecule has 0 spiro atoms. The van der Waals surface area contributed by atoms with E-state index in [-0.39, 0.29) is 16.8 Å². The van der Waals surface area contributed by atoms with Gasteiger partial charge in [0.2, 0.25) is 0 Å². The number of hydrogen-bond acceptors (Lipinski definition) is 2. The lowest BCUT2D eigenvalue weighted by atomic mass is 9.91. The third-order valence-electron chi connectivity index (χ3n) is 3.91. The van der Waals surface area contributed by atoms with Crippen LogP contribution in [0.5, 0.6) is 5.75 Å². The first kappa shape index (κ1) is 15.0. The van der Waals surface area contributed by atoms with E-state index >= 15 is 0 Å². The maximum absolute atomic E-state index is 9.86. The van der Waals surface area contributed by atoms with Gasteiger partial charge in [-0.1, -0.05) is 32.6 Å². The first-order valence-electron chi connectivity index (χ1n) is 7.37. The molecule has 0 aliphatic heterocycles. The predicted octanol–water partition coefficient (Wildman–Crippen LogP) is 5.09. The standard InChI is InChI=1S/C18H26O2/c1-12(2)15-8-7-14(18(9-10-18)13(3)19)11-16(15)20-17(4,5)6/h7-8,11-12,19H,3,9-10H2,1-2,4-6H3. The molecular weight excluding hydrogens is 248 g/mol. The van der Waals surface area contributed by atoms with E-state index in [4.69, 9.17) is 4.74 Å². The molecule has 1 aromatic rings. The smallest absolute Gasteiger partial charge is 0.123 e. The number of hydrogen-bond donors (Lipinski definition) is 1. The molecule has 0 saturated heterocycles. The van der Waals surface area contributed by atoms with Crippen LogP contribution in [0.4, 0.5) is 0 Å². The average molecular weight is 274 g/mol. The van der Waals surface area contributed by atoms with Crippen molar-refractivity contribution in [3.8, 4) is 5.75 Å². The second-order valence-electron chi connectivity index (χ2n) is 7.15. The van der Waals surface area contributed by atoms with Crippen molar-refractivity contribution in [1.29, 1.82) is 0 Å². The van der Waals surface area contributed by atoms with Gasteiger partial charge in [0.1, 0.15) is 11.4 Å². The monoisotopic (exact) mass is 274 g/mol. The molecule has 0 unspecified atom stereocenters. The molecule has 2 heteroatoms. The minimum absolute atomic E-state index is 0.227. The Hall–Kier alpha value is -1.44. The van der Waals surface area contributed by atoms with Crippen molar-refractivity contribution in [3.05, 3.63) is 41.7 Å². The highest BCUT2D eigenvalue weighted by molar-refractivity contribution is 5.47. The van der Waals surface area contributed by atoms with Crippen molar-refractivity contribution in [1.82, 2.24) is 0 Å². The molecule has 1 aliphatic carbocycles. The van der Waals surface area contributed by atoms with Crippen LogP contribution in [-0.2, 0) is 5.41 Å². The summed E-state index contributed by atoms with van der Waals surface area (Å²) in [4.78, 5) is 0. The summed E-state index contributed by atoms with van der Waals surface area (Å²) in [6.07, 6.45) is 1.94. The highest BCUT2D eigenvalue weighted by atomic mass is 16.5. The van der Waals surface area contributed by atoms with E-state index in [1.165, 1.54) is 5.56 Å². The lowest BCUT2D eigenvalue weighted by molar-refractivity contribution is 0.129. The maximum Gasteiger partial charge on any atom is 0.123 e. The summed E-state index contributed by atoms with van der Waals surface area (Å²) in [7, 11) is 0. The van der Waals surface area contributed by atoms with E-state index in [1.807, 2.05) is 0 Å². The lowest BCUT2D eigenvalue weighted by Crippen LogP contribution is -2.24. The SMILES string of the molecule is C=C(O)C1(c2ccc(C(C)C)c(OC(C)(C)C)c2)CC1. The molecule has 0 radical (unpaired) electrons. The first-order chi connectivity index (χ1) is 9.16. The summed E-state index contributed by atoms with van der Waals surface area (Å²) >= 11 is 0. The van der Waals surface area contributed by atoms with Gasteiger partial charge in [-0.15, -0.1) is 0 Å². The molecule has 2 rings (SSSR count). The molecule has 1 fully saturated rings. The van der Waals surface area contributed by atoms with Gasteiger partial charge in [0.15, 0.2) is 0 Å². The summed E-state index contributed by atoms with van der Waals surface area (Å²) < 4.78 is 6.13. The molecule has 0 heterocycles. The van der Waals surface area contributed by atoms with Gasteiger partial charge in [0.25, 0.3) is 0 Å². The van der Waals surface area contributed by atoms with Gasteiger partial charge in [0.05, 0.1) is 11.2 Å². The van der Waals surface area contributed by atoms with Gasteiger partial charge in [-0.25, -0.2) is 0 Å². The van der Waals surface area contributed by atoms with E-state index in [0.29, 0.717) is 5.92 Å². The van der Waals surface area contributed by atoms with Crippen LogP contribution in [0.15, 0.2) is 30.5 Å². The van der Waals surface area contributed by atoms with Crippen molar-refractivity contribution < 1.29 is 9.84 Å². The van der Waals surface area contributed by atoms with Crippen molar-refractivity contribution in [2.45, 2.75) is 64.4 Å². The number of aliphatic hydroxyl groups excluding tert-OH is 1. The Bertz CT molecular complexity index is 517. The average Bonchev–Trinajstić information content (AvgIpc) is 3.07. The van der Waals surface area contributed by atoms with Crippen molar-refractivity contribution in [3.63, 3.8) is 0 Å². The Balaban J connectivity index is 2.44. The van der Waals surface area contributed by atoms with Crippen LogP contribution < -0.4 is 4.74 Å². The molecule has 0 amide bonds. The maximum atomic E-state index is 9.86. The topological polar surface area (TPSA) is 29.5 Å². The van der Waals surface area contributed by atoms with Gasteiger partial charge in [0, 0.05) is 0 Å². The molecule has 110 valence electrons. The molecule has 20 heavy (non-hydrogen) atoms. The number of aliphatic hydroxyl groups is 1. The van der Waals surface area contributed by atoms with Crippen LogP contribution in [0.3, 0.4) is 0 Å². The van der Waals surface area contributed by atoms with E-state index in [1.54, 1.807) is 0 Å². The van der Waals surface area contributed by atoms with Crippen LogP contribution in [0, 0.1) is 0 Å². The summed E-state index contributed by atoms with van der Waals surface area (Å²) in [5.41, 5.74) is 1.87. The summed E-state index contributed by atoms with van der Waals surface area (Å²) in [6.45, 7) is 14.3. The van der Waals surface area contributed by atoms with Crippen molar-refractivity contribution in [2.24, 2.45) is 0 Å². The lowest BCUT2D eigenvalue weighted by Gasteiger charge is -2.26. The number of allylic oxidation sites excluding steroid dienone is 1. The van der Waals surface area contributed by atoms with Gasteiger partial charge in [-0.3, -0.25) is 0 Å². The fourth-order valence-electron chi connectivity index (χ4n) is 2.60. The molecule has 1 aromatic carbocycles. The van der Waals surface area contributed by atoms with Crippen LogP contribution in [0.25, 0.3) is 0 Å². The molecule has 0 aromatic heterocycles. The highest BCUT2D eigenvalue weighted by Gasteiger charge is 2.47. The van der Waals surface area contributed by atoms with Gasteiger partial charge < -0.3 is 9.84 Å². The molecule has 1 N–H and O–H groups in total. The second-order valence-corrected chi connectivity index (χ2v) is 7.15. The molecule has 1 aliphatic rings. The summed E-state index contributed by atoms with van der Waals surface area (Å²) in [6, 6.07) is 6.33. The molecule has 2 nitrogen and oxygen atoms in total. The van der Waals surface area contributed by atoms with Gasteiger partial charge in [-0.2, -0.15) is 0 Å². The molecule has 0 bridgehead atoms. The normalized spacial score (nSPS) is 17.1. The number of rotatable bonds is 4. The fourth-order valence-corrected chi connectivity index (χ4v) is 2.60. The predicted molar refractivity (Wildman–Crippen MR) is 83.6 cm³/mol. The second kappa shape index (κ2) is 4.83. The van der Waals surface area contributed by atoms with Crippen LogP contribution in [-0.4, -0.2) is 10.7 Å². The minimum atomic E-state index is -0.231. The first-order valence-corrected chi connectivity index (χ1v) is 7.37. The quantitative estimate of drug-likeness (QED) is 0.775. The third kappa shape index (κ3) is 2.84. The zero-order chi connectivity index (χ0) is 15.1. The van der Waals surface area contributed by atoms with E-state index in [9.17, 15) is 5.11 Å². The van der Waals surface area contributed by atoms with Gasteiger partial charge >= 0.3 is 0 Å². The van der Waals surface area contributed by atoms with Gasteiger partial charge in [-0.05, 0) is 56.7 Å². The Morgan fingerprint density at radius 1 is 1.30 bits per heavy atom. The highest BCUT2D eigenvalue weighted by Crippen LogP contribution is 2.53. The van der Waals surface area contributed by atoms with E-state index in [2.05, 4.69) is 59.4 Å². The van der Waals surface area contributed by atoms with Crippen LogP contribution in [0.1, 0.15) is 64.5 Å². The number of benzene rings is 1. The van der Waals surface area contributed by atoms with Crippen LogP contribution >= 0.6 is 0 Å². The Morgan fingerprint density at radius 2 is 1.90 bits per heavy atom.